The summed E-state index contributed by atoms with van der Waals surface area (Å²) in [6, 6.07) is 13.9. The molecule has 1 aliphatic heterocycles. The van der Waals surface area contributed by atoms with Gasteiger partial charge in [0.15, 0.2) is 5.11 Å². The largest absolute Gasteiger partial charge is 0.376 e. The van der Waals surface area contributed by atoms with Gasteiger partial charge in [-0.1, -0.05) is 22.0 Å². The van der Waals surface area contributed by atoms with E-state index in [0.29, 0.717) is 23.4 Å². The molecule has 0 aromatic heterocycles. The van der Waals surface area contributed by atoms with E-state index in [2.05, 4.69) is 31.9 Å². The molecule has 3 N–H and O–H groups in total. The molecule has 0 spiro atoms. The van der Waals surface area contributed by atoms with Gasteiger partial charge in [-0.05, 0) is 67.5 Å². The Balaban J connectivity index is 1.54. The fourth-order valence-electron chi connectivity index (χ4n) is 2.79. The van der Waals surface area contributed by atoms with Crippen LogP contribution in [0, 0.1) is 0 Å². The molecule has 2 amide bonds. The molecule has 8 heteroatoms. The molecule has 1 saturated heterocycles. The van der Waals surface area contributed by atoms with Crippen LogP contribution in [0.5, 0.6) is 0 Å². The lowest BCUT2D eigenvalue weighted by molar-refractivity contribution is 0.0857. The zero-order valence-electron chi connectivity index (χ0n) is 15.0. The Bertz CT molecular complexity index is 867. The highest BCUT2D eigenvalue weighted by atomic mass is 79.9. The van der Waals surface area contributed by atoms with Crippen molar-refractivity contribution in [1.82, 2.24) is 10.6 Å². The lowest BCUT2D eigenvalue weighted by Crippen LogP contribution is -2.34. The summed E-state index contributed by atoms with van der Waals surface area (Å²) < 4.78 is 6.40. The molecule has 3 rings (SSSR count). The fraction of sp³-hybridized carbons (Fsp3) is 0.250. The number of hydrogen-bond donors (Lipinski definition) is 3. The van der Waals surface area contributed by atoms with Crippen LogP contribution in [0.25, 0.3) is 0 Å². The summed E-state index contributed by atoms with van der Waals surface area (Å²) in [5.74, 6) is -0.487. The Morgan fingerprint density at radius 2 is 1.89 bits per heavy atom. The van der Waals surface area contributed by atoms with Crippen molar-refractivity contribution in [3.8, 4) is 0 Å². The van der Waals surface area contributed by atoms with Crippen LogP contribution in [0.4, 0.5) is 5.69 Å². The molecule has 1 heterocycles. The van der Waals surface area contributed by atoms with Gasteiger partial charge in [0.1, 0.15) is 0 Å². The number of amides is 2. The van der Waals surface area contributed by atoms with E-state index in [1.807, 2.05) is 0 Å². The van der Waals surface area contributed by atoms with Crippen molar-refractivity contribution >= 4 is 50.8 Å². The van der Waals surface area contributed by atoms with Crippen molar-refractivity contribution in [2.45, 2.75) is 18.9 Å². The number of anilines is 1. The van der Waals surface area contributed by atoms with Crippen molar-refractivity contribution in [1.29, 1.82) is 0 Å². The van der Waals surface area contributed by atoms with Gasteiger partial charge in [-0.2, -0.15) is 0 Å². The molecule has 1 fully saturated rings. The summed E-state index contributed by atoms with van der Waals surface area (Å²) in [4.78, 5) is 24.5. The lowest BCUT2D eigenvalue weighted by atomic mass is 10.1. The highest BCUT2D eigenvalue weighted by Crippen LogP contribution is 2.13. The van der Waals surface area contributed by atoms with Gasteiger partial charge in [0.2, 0.25) is 0 Å². The Hall–Kier alpha value is -2.29. The average molecular weight is 462 g/mol. The second-order valence-corrected chi connectivity index (χ2v) is 7.66. The molecule has 0 aliphatic carbocycles. The van der Waals surface area contributed by atoms with E-state index in [1.165, 1.54) is 0 Å². The summed E-state index contributed by atoms with van der Waals surface area (Å²) in [6.45, 7) is 1.25. The summed E-state index contributed by atoms with van der Waals surface area (Å²) in [6.07, 6.45) is 2.09. The summed E-state index contributed by atoms with van der Waals surface area (Å²) in [7, 11) is 0. The van der Waals surface area contributed by atoms with Crippen LogP contribution in [-0.4, -0.2) is 36.2 Å². The average Bonchev–Trinajstić information content (AvgIpc) is 3.20. The quantitative estimate of drug-likeness (QED) is 0.593. The van der Waals surface area contributed by atoms with E-state index < -0.39 is 0 Å². The SMILES string of the molecule is O=C(NCC1CCCO1)c1cccc(NC(=S)NC(=O)c2ccc(Br)cc2)c1. The molecule has 1 atom stereocenters. The summed E-state index contributed by atoms with van der Waals surface area (Å²) in [5, 5.41) is 8.59. The molecular weight excluding hydrogens is 442 g/mol. The normalized spacial score (nSPS) is 15.7. The summed E-state index contributed by atoms with van der Waals surface area (Å²) in [5.41, 5.74) is 1.62. The maximum absolute atomic E-state index is 12.3. The van der Waals surface area contributed by atoms with E-state index in [9.17, 15) is 9.59 Å². The first-order valence-corrected chi connectivity index (χ1v) is 10.1. The standard InChI is InChI=1S/C20H20BrN3O3S/c21-15-8-6-13(7-9-15)19(26)24-20(28)23-16-4-1-3-14(11-16)18(25)22-12-17-5-2-10-27-17/h1,3-4,6-9,11,17H,2,5,10,12H2,(H,22,25)(H2,23,24,26,28). The maximum atomic E-state index is 12.3. The van der Waals surface area contributed by atoms with Gasteiger partial charge in [-0.3, -0.25) is 14.9 Å². The van der Waals surface area contributed by atoms with Crippen molar-refractivity contribution in [2.24, 2.45) is 0 Å². The second-order valence-electron chi connectivity index (χ2n) is 6.34. The molecular formula is C20H20BrN3O3S. The third-order valence-corrected chi connectivity index (χ3v) is 4.96. The Morgan fingerprint density at radius 1 is 1.11 bits per heavy atom. The van der Waals surface area contributed by atoms with E-state index in [1.54, 1.807) is 48.5 Å². The van der Waals surface area contributed by atoms with Crippen molar-refractivity contribution in [3.05, 3.63) is 64.1 Å². The first kappa shape index (κ1) is 20.4. The van der Waals surface area contributed by atoms with E-state index in [-0.39, 0.29) is 23.0 Å². The fourth-order valence-corrected chi connectivity index (χ4v) is 3.27. The number of halogens is 1. The predicted molar refractivity (Wildman–Crippen MR) is 116 cm³/mol. The molecule has 1 unspecified atom stereocenters. The van der Waals surface area contributed by atoms with Gasteiger partial charge in [-0.15, -0.1) is 0 Å². The first-order chi connectivity index (χ1) is 13.5. The molecule has 2 aromatic rings. The second kappa shape index (κ2) is 9.77. The molecule has 0 bridgehead atoms. The van der Waals surface area contributed by atoms with E-state index >= 15 is 0 Å². The van der Waals surface area contributed by atoms with Gasteiger partial charge < -0.3 is 15.4 Å². The Labute approximate surface area is 177 Å². The van der Waals surface area contributed by atoms with Gasteiger partial charge >= 0.3 is 0 Å². The van der Waals surface area contributed by atoms with Crippen LogP contribution in [0.15, 0.2) is 53.0 Å². The number of rotatable bonds is 5. The molecule has 1 aliphatic rings. The van der Waals surface area contributed by atoms with Crippen LogP contribution in [0.3, 0.4) is 0 Å². The van der Waals surface area contributed by atoms with Crippen LogP contribution in [-0.2, 0) is 4.74 Å². The number of carbonyl (C=O) groups is 2. The zero-order chi connectivity index (χ0) is 19.9. The van der Waals surface area contributed by atoms with Gasteiger partial charge in [0, 0.05) is 34.4 Å². The van der Waals surface area contributed by atoms with Gasteiger partial charge in [0.05, 0.1) is 6.10 Å². The maximum Gasteiger partial charge on any atom is 0.257 e. The minimum Gasteiger partial charge on any atom is -0.376 e. The lowest BCUT2D eigenvalue weighted by Gasteiger charge is -2.12. The molecule has 0 radical (unpaired) electrons. The topological polar surface area (TPSA) is 79.5 Å². The molecule has 146 valence electrons. The van der Waals surface area contributed by atoms with Gasteiger partial charge in [0.25, 0.3) is 11.8 Å². The van der Waals surface area contributed by atoms with Crippen molar-refractivity contribution < 1.29 is 14.3 Å². The minimum absolute atomic E-state index is 0.0895. The molecule has 0 saturated carbocycles. The highest BCUT2D eigenvalue weighted by molar-refractivity contribution is 9.10. The number of thiocarbonyl (C=S) groups is 1. The molecule has 28 heavy (non-hydrogen) atoms. The zero-order valence-corrected chi connectivity index (χ0v) is 17.4. The first-order valence-electron chi connectivity index (χ1n) is 8.89. The number of benzene rings is 2. The number of nitrogens with one attached hydrogen (secondary N) is 3. The van der Waals surface area contributed by atoms with E-state index in [4.69, 9.17) is 17.0 Å². The smallest absolute Gasteiger partial charge is 0.257 e. The monoisotopic (exact) mass is 461 g/mol. The third kappa shape index (κ3) is 5.85. The Morgan fingerprint density at radius 3 is 2.61 bits per heavy atom. The molecule has 2 aromatic carbocycles. The molecule has 6 nitrogen and oxygen atoms in total. The van der Waals surface area contributed by atoms with Crippen LogP contribution < -0.4 is 16.0 Å². The predicted octanol–water partition coefficient (Wildman–Crippen LogP) is 3.48. The third-order valence-electron chi connectivity index (χ3n) is 4.23. The van der Waals surface area contributed by atoms with Crippen molar-refractivity contribution in [3.63, 3.8) is 0 Å². The highest BCUT2D eigenvalue weighted by Gasteiger charge is 2.17. The summed E-state index contributed by atoms with van der Waals surface area (Å²) >= 11 is 8.53. The Kier molecular flexibility index (Phi) is 7.13. The number of carbonyl (C=O) groups excluding carboxylic acids is 2. The minimum atomic E-state index is -0.310. The van der Waals surface area contributed by atoms with Crippen LogP contribution in [0.2, 0.25) is 0 Å². The number of ether oxygens (including phenoxy) is 1. The van der Waals surface area contributed by atoms with Crippen LogP contribution >= 0.6 is 28.1 Å². The van der Waals surface area contributed by atoms with Crippen molar-refractivity contribution in [2.75, 3.05) is 18.5 Å². The van der Waals surface area contributed by atoms with Crippen LogP contribution in [0.1, 0.15) is 33.6 Å². The van der Waals surface area contributed by atoms with E-state index in [0.717, 1.165) is 23.9 Å². The van der Waals surface area contributed by atoms with Gasteiger partial charge in [-0.25, -0.2) is 0 Å². The number of hydrogen-bond acceptors (Lipinski definition) is 4.